The third kappa shape index (κ3) is 3.30. The van der Waals surface area contributed by atoms with Gasteiger partial charge in [0, 0.05) is 25.6 Å². The van der Waals surface area contributed by atoms with Gasteiger partial charge in [-0.2, -0.15) is 5.10 Å². The molecule has 2 atom stereocenters. The van der Waals surface area contributed by atoms with Crippen molar-refractivity contribution in [3.63, 3.8) is 0 Å². The van der Waals surface area contributed by atoms with Crippen LogP contribution in [0.25, 0.3) is 11.1 Å². The summed E-state index contributed by atoms with van der Waals surface area (Å²) in [6.07, 6.45) is 5.16. The Morgan fingerprint density at radius 3 is 3.08 bits per heavy atom. The van der Waals surface area contributed by atoms with Crippen molar-refractivity contribution in [1.82, 2.24) is 9.99 Å². The molecule has 1 saturated heterocycles. The van der Waals surface area contributed by atoms with E-state index in [-0.39, 0.29) is 5.44 Å². The summed E-state index contributed by atoms with van der Waals surface area (Å²) in [7, 11) is 0. The fraction of sp³-hybridized carbons (Fsp3) is 0.556. The Labute approximate surface area is 146 Å². The number of hydrogen-bond donors (Lipinski definition) is 0. The molecule has 2 aliphatic heterocycles. The first-order valence-corrected chi connectivity index (χ1v) is 9.63. The Morgan fingerprint density at radius 2 is 2.25 bits per heavy atom. The molecular formula is C18H23N3O2S. The molecule has 0 aliphatic carbocycles. The zero-order valence-electron chi connectivity index (χ0n) is 14.2. The zero-order valence-corrected chi connectivity index (χ0v) is 15.0. The van der Waals surface area contributed by atoms with Crippen LogP contribution in [0.2, 0.25) is 0 Å². The molecule has 2 aromatic rings. The minimum atomic E-state index is 0.192. The van der Waals surface area contributed by atoms with Gasteiger partial charge in [0.1, 0.15) is 11.0 Å². The topological polar surface area (TPSA) is 50.9 Å². The van der Waals surface area contributed by atoms with E-state index in [9.17, 15) is 0 Å². The predicted octanol–water partition coefficient (Wildman–Crippen LogP) is 3.87. The van der Waals surface area contributed by atoms with E-state index in [1.54, 1.807) is 11.8 Å². The quantitative estimate of drug-likeness (QED) is 0.842. The van der Waals surface area contributed by atoms with Crippen molar-refractivity contribution in [2.75, 3.05) is 13.2 Å². The lowest BCUT2D eigenvalue weighted by atomic mass is 10.1. The number of nitrogens with zero attached hydrogens (tertiary/aromatic N) is 3. The fourth-order valence-corrected chi connectivity index (χ4v) is 4.47. The summed E-state index contributed by atoms with van der Waals surface area (Å²) in [6, 6.07) is 4.72. The van der Waals surface area contributed by atoms with Crippen molar-refractivity contribution in [2.24, 2.45) is 5.10 Å². The van der Waals surface area contributed by atoms with Gasteiger partial charge in [-0.25, -0.2) is 4.98 Å². The molecular weight excluding hydrogens is 322 g/mol. The van der Waals surface area contributed by atoms with Crippen LogP contribution in [0.1, 0.15) is 36.3 Å². The maximum Gasteiger partial charge on any atom is 0.205 e. The molecule has 24 heavy (non-hydrogen) atoms. The molecule has 2 aliphatic rings. The van der Waals surface area contributed by atoms with Gasteiger partial charge in [0.15, 0.2) is 5.58 Å². The van der Waals surface area contributed by atoms with Gasteiger partial charge in [-0.05, 0) is 37.5 Å². The maximum absolute atomic E-state index is 5.95. The lowest BCUT2D eigenvalue weighted by Gasteiger charge is -2.33. The van der Waals surface area contributed by atoms with Gasteiger partial charge < -0.3 is 9.15 Å². The van der Waals surface area contributed by atoms with Crippen LogP contribution in [0.15, 0.2) is 21.7 Å². The fourth-order valence-electron chi connectivity index (χ4n) is 3.47. The van der Waals surface area contributed by atoms with Crippen LogP contribution in [-0.4, -0.2) is 40.8 Å². The SMILES string of the molecule is Cc1cc(C)c2oc(CSC3CC(N4CCC=N4)CCO3)nc2c1. The minimum absolute atomic E-state index is 0.192. The zero-order chi connectivity index (χ0) is 16.5. The largest absolute Gasteiger partial charge is 0.440 e. The second-order valence-electron chi connectivity index (χ2n) is 6.58. The number of hydrazone groups is 1. The first-order valence-electron chi connectivity index (χ1n) is 8.58. The van der Waals surface area contributed by atoms with Crippen LogP contribution >= 0.6 is 11.8 Å². The van der Waals surface area contributed by atoms with Crippen molar-refractivity contribution in [1.29, 1.82) is 0 Å². The Hall–Kier alpha value is -1.53. The highest BCUT2D eigenvalue weighted by molar-refractivity contribution is 7.98. The van der Waals surface area contributed by atoms with Crippen molar-refractivity contribution < 1.29 is 9.15 Å². The van der Waals surface area contributed by atoms with E-state index in [0.29, 0.717) is 6.04 Å². The van der Waals surface area contributed by atoms with Gasteiger partial charge >= 0.3 is 0 Å². The molecule has 0 saturated carbocycles. The number of ether oxygens (including phenoxy) is 1. The van der Waals surface area contributed by atoms with Crippen LogP contribution in [0.4, 0.5) is 0 Å². The van der Waals surface area contributed by atoms with Gasteiger partial charge in [-0.15, -0.1) is 11.8 Å². The number of benzene rings is 1. The van der Waals surface area contributed by atoms with Crippen LogP contribution in [0, 0.1) is 13.8 Å². The summed E-state index contributed by atoms with van der Waals surface area (Å²) in [5.74, 6) is 1.53. The molecule has 0 spiro atoms. The monoisotopic (exact) mass is 345 g/mol. The third-order valence-electron chi connectivity index (χ3n) is 4.62. The van der Waals surface area contributed by atoms with Gasteiger partial charge in [0.25, 0.3) is 0 Å². The first-order chi connectivity index (χ1) is 11.7. The number of fused-ring (bicyclic) bond motifs is 1. The highest BCUT2D eigenvalue weighted by atomic mass is 32.2. The van der Waals surface area contributed by atoms with Crippen LogP contribution in [-0.2, 0) is 10.5 Å². The van der Waals surface area contributed by atoms with E-state index in [4.69, 9.17) is 9.15 Å². The van der Waals surface area contributed by atoms with Gasteiger partial charge in [0.2, 0.25) is 5.89 Å². The second-order valence-corrected chi connectivity index (χ2v) is 7.72. The normalized spacial score (nSPS) is 24.2. The molecule has 1 fully saturated rings. The van der Waals surface area contributed by atoms with Crippen molar-refractivity contribution >= 4 is 29.1 Å². The van der Waals surface area contributed by atoms with E-state index >= 15 is 0 Å². The number of rotatable bonds is 4. The molecule has 5 nitrogen and oxygen atoms in total. The average molecular weight is 345 g/mol. The Bertz CT molecular complexity index is 758. The Morgan fingerprint density at radius 1 is 1.33 bits per heavy atom. The summed E-state index contributed by atoms with van der Waals surface area (Å²) in [4.78, 5) is 4.64. The molecule has 1 aromatic heterocycles. The van der Waals surface area contributed by atoms with Crippen LogP contribution in [0.3, 0.4) is 0 Å². The molecule has 128 valence electrons. The smallest absolute Gasteiger partial charge is 0.205 e. The number of thioether (sulfide) groups is 1. The number of oxazole rings is 1. The van der Waals surface area contributed by atoms with Crippen LogP contribution in [0.5, 0.6) is 0 Å². The summed E-state index contributed by atoms with van der Waals surface area (Å²) in [5, 5.41) is 6.70. The molecule has 1 aromatic carbocycles. The second kappa shape index (κ2) is 6.76. The number of aryl methyl sites for hydroxylation is 2. The summed E-state index contributed by atoms with van der Waals surface area (Å²) in [6.45, 7) is 6.02. The molecule has 0 radical (unpaired) electrons. The van der Waals surface area contributed by atoms with E-state index in [1.165, 1.54) is 5.56 Å². The number of aromatic nitrogens is 1. The van der Waals surface area contributed by atoms with E-state index in [2.05, 4.69) is 41.1 Å². The first kappa shape index (κ1) is 16.0. The van der Waals surface area contributed by atoms with Crippen molar-refractivity contribution in [2.45, 2.75) is 50.3 Å². The van der Waals surface area contributed by atoms with Crippen molar-refractivity contribution in [3.8, 4) is 0 Å². The average Bonchev–Trinajstić information content (AvgIpc) is 3.23. The summed E-state index contributed by atoms with van der Waals surface area (Å²) >= 11 is 1.78. The van der Waals surface area contributed by atoms with Crippen molar-refractivity contribution in [3.05, 3.63) is 29.2 Å². The van der Waals surface area contributed by atoms with E-state index in [1.807, 2.05) is 6.21 Å². The lowest BCUT2D eigenvalue weighted by molar-refractivity contribution is 0.0204. The highest BCUT2D eigenvalue weighted by Gasteiger charge is 2.28. The van der Waals surface area contributed by atoms with Gasteiger partial charge in [-0.3, -0.25) is 5.01 Å². The lowest BCUT2D eigenvalue weighted by Crippen LogP contribution is -2.37. The highest BCUT2D eigenvalue weighted by Crippen LogP contribution is 2.31. The molecule has 4 rings (SSSR count). The Kier molecular flexibility index (Phi) is 4.50. The molecule has 0 N–H and O–H groups in total. The Balaban J connectivity index is 1.39. The van der Waals surface area contributed by atoms with E-state index in [0.717, 1.165) is 60.7 Å². The molecule has 3 heterocycles. The summed E-state index contributed by atoms with van der Waals surface area (Å²) in [5.41, 5.74) is 4.42. The molecule has 0 amide bonds. The van der Waals surface area contributed by atoms with Gasteiger partial charge in [0.05, 0.1) is 18.4 Å². The van der Waals surface area contributed by atoms with Crippen LogP contribution < -0.4 is 0 Å². The predicted molar refractivity (Wildman–Crippen MR) is 97.4 cm³/mol. The molecule has 0 bridgehead atoms. The molecule has 2 unspecified atom stereocenters. The minimum Gasteiger partial charge on any atom is -0.440 e. The number of hydrogen-bond acceptors (Lipinski definition) is 6. The molecule has 6 heteroatoms. The van der Waals surface area contributed by atoms with Gasteiger partial charge in [-0.1, -0.05) is 6.07 Å². The van der Waals surface area contributed by atoms with E-state index < -0.39 is 0 Å². The third-order valence-corrected chi connectivity index (χ3v) is 5.73. The summed E-state index contributed by atoms with van der Waals surface area (Å²) < 4.78 is 11.9. The maximum atomic E-state index is 5.95. The standard InChI is InChI=1S/C18H23N3O2S/c1-12-8-13(2)18-15(9-12)20-16(23-18)11-24-17-10-14(4-7-22-17)21-6-3-5-19-21/h5,8-9,14,17H,3-4,6-7,10-11H2,1-2H3.